The van der Waals surface area contributed by atoms with Crippen LogP contribution in [-0.2, 0) is 21.1 Å². The Morgan fingerprint density at radius 2 is 0.432 bits per heavy atom. The average molecular weight is 788 g/mol. The molecule has 6 aromatic rings. The molecule has 0 heterocycles. The van der Waals surface area contributed by atoms with Gasteiger partial charge in [0.1, 0.15) is 0 Å². The second-order valence-electron chi connectivity index (χ2n) is 10.8. The maximum atomic E-state index is 2.23. The summed E-state index contributed by atoms with van der Waals surface area (Å²) >= 11 is 0. The van der Waals surface area contributed by atoms with Crippen molar-refractivity contribution in [3.8, 4) is 0 Å². The molecule has 0 bridgehead atoms. The first kappa shape index (κ1) is 33.5. The van der Waals surface area contributed by atoms with Crippen molar-refractivity contribution in [3.05, 3.63) is 194 Å². The zero-order chi connectivity index (χ0) is 29.7. The van der Waals surface area contributed by atoms with E-state index in [9.17, 15) is 0 Å². The Balaban J connectivity index is 0.000000170. The number of hydrogen-bond acceptors (Lipinski definition) is 0. The molecule has 1 aliphatic rings. The Morgan fingerprint density at radius 3 is 0.545 bits per heavy atom. The summed E-state index contributed by atoms with van der Waals surface area (Å²) in [5, 5.41) is 8.39. The average Bonchev–Trinajstić information content (AvgIpc) is 3.79. The minimum atomic E-state index is -0.446. The van der Waals surface area contributed by atoms with Crippen molar-refractivity contribution in [2.75, 3.05) is 0 Å². The molecular formula is C41H38P2Pt. The van der Waals surface area contributed by atoms with Gasteiger partial charge in [-0.3, -0.25) is 0 Å². The third-order valence-corrected chi connectivity index (χ3v) is 11.8. The van der Waals surface area contributed by atoms with Gasteiger partial charge in [-0.25, -0.2) is 0 Å². The third kappa shape index (κ3) is 10.1. The molecule has 0 saturated heterocycles. The predicted molar refractivity (Wildman–Crippen MR) is 193 cm³/mol. The molecule has 0 nitrogen and oxygen atoms in total. The van der Waals surface area contributed by atoms with Crippen molar-refractivity contribution in [1.29, 1.82) is 0 Å². The first-order valence-electron chi connectivity index (χ1n) is 14.7. The van der Waals surface area contributed by atoms with Gasteiger partial charge in [-0.2, -0.15) is 0 Å². The summed E-state index contributed by atoms with van der Waals surface area (Å²) in [6.07, 6.45) is 4.38. The second-order valence-corrected chi connectivity index (χ2v) is 15.3. The first-order valence-corrected chi connectivity index (χ1v) is 17.4. The molecule has 0 radical (unpaired) electrons. The summed E-state index contributed by atoms with van der Waals surface area (Å²) in [6.45, 7) is 4.38. The van der Waals surface area contributed by atoms with Crippen molar-refractivity contribution in [1.82, 2.24) is 0 Å². The van der Waals surface area contributed by atoms with Crippen LogP contribution >= 0.6 is 15.8 Å². The van der Waals surface area contributed by atoms with Crippen LogP contribution in [0.3, 0.4) is 0 Å². The summed E-state index contributed by atoms with van der Waals surface area (Å²) in [6, 6.07) is 64.7. The van der Waals surface area contributed by atoms with Crippen LogP contribution in [0.5, 0.6) is 0 Å². The quantitative estimate of drug-likeness (QED) is 0.118. The summed E-state index contributed by atoms with van der Waals surface area (Å²) in [5.74, 6) is 0. The van der Waals surface area contributed by atoms with Crippen LogP contribution in [0.4, 0.5) is 0 Å². The molecule has 6 aromatic carbocycles. The Morgan fingerprint density at radius 1 is 0.295 bits per heavy atom. The van der Waals surface area contributed by atoms with Gasteiger partial charge in [-0.05, 0) is 47.7 Å². The van der Waals surface area contributed by atoms with E-state index in [2.05, 4.69) is 208 Å². The van der Waals surface area contributed by atoms with Gasteiger partial charge in [0, 0.05) is 26.5 Å². The fourth-order valence-corrected chi connectivity index (χ4v) is 9.13. The van der Waals surface area contributed by atoms with Crippen LogP contribution in [0.2, 0.25) is 0 Å². The van der Waals surface area contributed by atoms with E-state index in [1.54, 1.807) is 0 Å². The fourth-order valence-electron chi connectivity index (χ4n) is 4.52. The Bertz CT molecular complexity index is 1340. The van der Waals surface area contributed by atoms with Crippen molar-refractivity contribution in [3.63, 3.8) is 0 Å². The monoisotopic (exact) mass is 787 g/mol. The van der Waals surface area contributed by atoms with E-state index >= 15 is 0 Å². The standard InChI is InChI=1S/2C18H15P.C5H8.Pt/c2*1-4-10-16(11-5-1)19(17-12-6-2-7-13-17)18-14-8-3-9-15-18;1-5(2)3-4-5;/h2*1-15H;3-4H,1-2H3;. The summed E-state index contributed by atoms with van der Waals surface area (Å²) in [4.78, 5) is 0. The van der Waals surface area contributed by atoms with Gasteiger partial charge in [0.15, 0.2) is 0 Å². The summed E-state index contributed by atoms with van der Waals surface area (Å²) in [5.41, 5.74) is 0.500. The van der Waals surface area contributed by atoms with E-state index in [1.165, 1.54) is 31.8 Å². The molecule has 0 saturated carbocycles. The number of benzene rings is 6. The van der Waals surface area contributed by atoms with Gasteiger partial charge in [-0.15, -0.1) is 0 Å². The molecule has 0 atom stereocenters. The second kappa shape index (κ2) is 17.2. The van der Waals surface area contributed by atoms with E-state index < -0.39 is 15.8 Å². The van der Waals surface area contributed by atoms with E-state index in [0.717, 1.165) is 0 Å². The van der Waals surface area contributed by atoms with Crippen LogP contribution < -0.4 is 31.8 Å². The SMILES string of the molecule is CC1(C)C=C1.[Pt].c1ccc(P(c2ccccc2)c2ccccc2)cc1.c1ccc(P(c2ccccc2)c2ccccc2)cc1. The predicted octanol–water partition coefficient (Wildman–Crippen LogP) is 8.47. The van der Waals surface area contributed by atoms with Gasteiger partial charge in [0.25, 0.3) is 0 Å². The molecule has 1 aliphatic carbocycles. The molecule has 0 amide bonds. The Hall–Kier alpha value is -3.39. The van der Waals surface area contributed by atoms with Crippen molar-refractivity contribution < 1.29 is 21.1 Å². The summed E-state index contributed by atoms with van der Waals surface area (Å²) < 4.78 is 0. The number of rotatable bonds is 6. The maximum Gasteiger partial charge on any atom is 0.000503 e. The molecule has 0 aromatic heterocycles. The van der Waals surface area contributed by atoms with E-state index in [4.69, 9.17) is 0 Å². The molecule has 44 heavy (non-hydrogen) atoms. The Kier molecular flexibility index (Phi) is 13.1. The Labute approximate surface area is 280 Å². The molecule has 0 N–H and O–H groups in total. The van der Waals surface area contributed by atoms with Crippen LogP contribution in [0.1, 0.15) is 13.8 Å². The van der Waals surface area contributed by atoms with Crippen molar-refractivity contribution in [2.24, 2.45) is 5.41 Å². The van der Waals surface area contributed by atoms with E-state index in [1.807, 2.05) is 0 Å². The van der Waals surface area contributed by atoms with Gasteiger partial charge in [-0.1, -0.05) is 208 Å². The molecule has 222 valence electrons. The third-order valence-electron chi connectivity index (χ3n) is 6.92. The van der Waals surface area contributed by atoms with Crippen LogP contribution in [0.15, 0.2) is 194 Å². The molecular weight excluding hydrogens is 749 g/mol. The molecule has 7 rings (SSSR count). The zero-order valence-electron chi connectivity index (χ0n) is 25.2. The molecule has 3 heteroatoms. The van der Waals surface area contributed by atoms with Crippen molar-refractivity contribution in [2.45, 2.75) is 13.8 Å². The van der Waals surface area contributed by atoms with Crippen LogP contribution in [0, 0.1) is 5.41 Å². The first-order chi connectivity index (χ1) is 21.1. The smallest absolute Gasteiger partial charge is 0.000503 e. The minimum absolute atomic E-state index is 0. The fraction of sp³-hybridized carbons (Fsp3) is 0.0732. The molecule has 0 unspecified atom stereocenters. The van der Waals surface area contributed by atoms with Gasteiger partial charge < -0.3 is 0 Å². The maximum absolute atomic E-state index is 2.23. The summed E-state index contributed by atoms with van der Waals surface area (Å²) in [7, 11) is -0.892. The molecule has 0 fully saturated rings. The van der Waals surface area contributed by atoms with E-state index in [-0.39, 0.29) is 21.1 Å². The van der Waals surface area contributed by atoms with Crippen LogP contribution in [-0.4, -0.2) is 0 Å². The minimum Gasteiger partial charge on any atom is -0.0783 e. The topological polar surface area (TPSA) is 0 Å². The van der Waals surface area contributed by atoms with Crippen molar-refractivity contribution >= 4 is 47.7 Å². The zero-order valence-corrected chi connectivity index (χ0v) is 29.2. The van der Waals surface area contributed by atoms with E-state index in [0.29, 0.717) is 5.41 Å². The number of allylic oxidation sites excluding steroid dienone is 2. The largest absolute Gasteiger partial charge is 0.0783 e. The van der Waals surface area contributed by atoms with Gasteiger partial charge in [0.2, 0.25) is 0 Å². The number of hydrogen-bond donors (Lipinski definition) is 0. The van der Waals surface area contributed by atoms with Crippen LogP contribution in [0.25, 0.3) is 0 Å². The van der Waals surface area contributed by atoms with Gasteiger partial charge in [0.05, 0.1) is 0 Å². The van der Waals surface area contributed by atoms with Gasteiger partial charge >= 0.3 is 0 Å². The molecule has 0 spiro atoms. The molecule has 0 aliphatic heterocycles. The normalized spacial score (nSPS) is 12.2.